The first kappa shape index (κ1) is 14.6. The second-order valence-corrected chi connectivity index (χ2v) is 4.72. The SMILES string of the molecule is O=C(N/N=C(/c1ccccc1)c1ccccn1)c1ccncc1. The average molecular weight is 302 g/mol. The normalized spacial score (nSPS) is 11.0. The highest BCUT2D eigenvalue weighted by molar-refractivity contribution is 6.12. The number of hydrogen-bond donors (Lipinski definition) is 1. The van der Waals surface area contributed by atoms with Crippen LogP contribution in [0, 0.1) is 0 Å². The molecule has 0 bridgehead atoms. The molecule has 0 aliphatic carbocycles. The Morgan fingerprint density at radius 1 is 0.826 bits per heavy atom. The first-order valence-corrected chi connectivity index (χ1v) is 7.09. The molecule has 3 rings (SSSR count). The molecule has 1 amide bonds. The van der Waals surface area contributed by atoms with Gasteiger partial charge in [0.15, 0.2) is 0 Å². The maximum absolute atomic E-state index is 12.1. The van der Waals surface area contributed by atoms with Gasteiger partial charge in [-0.2, -0.15) is 5.10 Å². The monoisotopic (exact) mass is 302 g/mol. The van der Waals surface area contributed by atoms with E-state index in [4.69, 9.17) is 0 Å². The predicted molar refractivity (Wildman–Crippen MR) is 88.0 cm³/mol. The highest BCUT2D eigenvalue weighted by atomic mass is 16.2. The minimum Gasteiger partial charge on any atom is -0.267 e. The molecule has 0 saturated heterocycles. The van der Waals surface area contributed by atoms with Crippen LogP contribution >= 0.6 is 0 Å². The highest BCUT2D eigenvalue weighted by Gasteiger charge is 2.09. The second kappa shape index (κ2) is 7.09. The van der Waals surface area contributed by atoms with Gasteiger partial charge in [0.05, 0.1) is 5.69 Å². The molecule has 3 aromatic rings. The van der Waals surface area contributed by atoms with Crippen molar-refractivity contribution in [3.63, 3.8) is 0 Å². The number of benzene rings is 1. The number of pyridine rings is 2. The molecular formula is C18H14N4O. The predicted octanol–water partition coefficient (Wildman–Crippen LogP) is 2.66. The molecule has 2 aromatic heterocycles. The van der Waals surface area contributed by atoms with Crippen molar-refractivity contribution in [2.45, 2.75) is 0 Å². The molecule has 1 aromatic carbocycles. The largest absolute Gasteiger partial charge is 0.271 e. The molecule has 5 heteroatoms. The number of nitrogens with zero attached hydrogens (tertiary/aromatic N) is 3. The van der Waals surface area contributed by atoms with Gasteiger partial charge in [0.25, 0.3) is 5.91 Å². The molecule has 112 valence electrons. The van der Waals surface area contributed by atoms with E-state index in [2.05, 4.69) is 20.5 Å². The van der Waals surface area contributed by atoms with E-state index in [1.807, 2.05) is 48.5 Å². The third kappa shape index (κ3) is 3.65. The lowest BCUT2D eigenvalue weighted by Gasteiger charge is -2.07. The molecule has 0 aliphatic rings. The Morgan fingerprint density at radius 3 is 2.26 bits per heavy atom. The summed E-state index contributed by atoms with van der Waals surface area (Å²) in [5.74, 6) is -0.295. The van der Waals surface area contributed by atoms with Crippen LogP contribution in [0.3, 0.4) is 0 Å². The Labute approximate surface area is 133 Å². The van der Waals surface area contributed by atoms with Gasteiger partial charge in [-0.05, 0) is 24.3 Å². The van der Waals surface area contributed by atoms with Crippen LogP contribution in [-0.2, 0) is 0 Å². The van der Waals surface area contributed by atoms with Gasteiger partial charge in [-0.1, -0.05) is 36.4 Å². The number of carbonyl (C=O) groups is 1. The standard InChI is InChI=1S/C18H14N4O/c23-18(15-9-12-19-13-10-15)22-21-17(14-6-2-1-3-7-14)16-8-4-5-11-20-16/h1-13H,(H,22,23)/b21-17-. The zero-order chi connectivity index (χ0) is 15.9. The Hall–Kier alpha value is -3.34. The van der Waals surface area contributed by atoms with E-state index < -0.39 is 0 Å². The summed E-state index contributed by atoms with van der Waals surface area (Å²) in [6.07, 6.45) is 4.82. The maximum atomic E-state index is 12.1. The topological polar surface area (TPSA) is 67.2 Å². The molecular weight excluding hydrogens is 288 g/mol. The van der Waals surface area contributed by atoms with Crippen molar-refractivity contribution in [1.82, 2.24) is 15.4 Å². The lowest BCUT2D eigenvalue weighted by Crippen LogP contribution is -2.21. The third-order valence-corrected chi connectivity index (χ3v) is 3.17. The van der Waals surface area contributed by atoms with Gasteiger partial charge in [-0.15, -0.1) is 0 Å². The number of amides is 1. The van der Waals surface area contributed by atoms with E-state index in [-0.39, 0.29) is 5.91 Å². The van der Waals surface area contributed by atoms with E-state index in [0.29, 0.717) is 17.0 Å². The Kier molecular flexibility index (Phi) is 4.49. The number of hydrogen-bond acceptors (Lipinski definition) is 4. The smallest absolute Gasteiger partial charge is 0.267 e. The van der Waals surface area contributed by atoms with Crippen molar-refractivity contribution in [3.05, 3.63) is 96.1 Å². The van der Waals surface area contributed by atoms with Gasteiger partial charge in [0, 0.05) is 29.7 Å². The molecule has 0 aliphatic heterocycles. The zero-order valence-corrected chi connectivity index (χ0v) is 12.3. The minimum absolute atomic E-state index is 0.295. The van der Waals surface area contributed by atoms with E-state index in [0.717, 1.165) is 5.56 Å². The molecule has 0 spiro atoms. The molecule has 5 nitrogen and oxygen atoms in total. The average Bonchev–Trinajstić information content (AvgIpc) is 2.64. The van der Waals surface area contributed by atoms with Crippen molar-refractivity contribution in [1.29, 1.82) is 0 Å². The van der Waals surface area contributed by atoms with Crippen LogP contribution in [0.25, 0.3) is 0 Å². The summed E-state index contributed by atoms with van der Waals surface area (Å²) < 4.78 is 0. The molecule has 0 atom stereocenters. The van der Waals surface area contributed by atoms with Gasteiger partial charge < -0.3 is 0 Å². The Bertz CT molecular complexity index is 761. The fourth-order valence-electron chi connectivity index (χ4n) is 2.04. The molecule has 23 heavy (non-hydrogen) atoms. The lowest BCUT2D eigenvalue weighted by molar-refractivity contribution is 0.0955. The van der Waals surface area contributed by atoms with Gasteiger partial charge >= 0.3 is 0 Å². The van der Waals surface area contributed by atoms with Crippen LogP contribution in [0.5, 0.6) is 0 Å². The first-order valence-electron chi connectivity index (χ1n) is 7.09. The molecule has 2 heterocycles. The van der Waals surface area contributed by atoms with Crippen LogP contribution in [0.4, 0.5) is 0 Å². The van der Waals surface area contributed by atoms with Gasteiger partial charge in [-0.25, -0.2) is 5.43 Å². The fraction of sp³-hybridized carbons (Fsp3) is 0. The van der Waals surface area contributed by atoms with Crippen LogP contribution in [-0.4, -0.2) is 21.6 Å². The summed E-state index contributed by atoms with van der Waals surface area (Å²) >= 11 is 0. The van der Waals surface area contributed by atoms with Crippen LogP contribution in [0.2, 0.25) is 0 Å². The third-order valence-electron chi connectivity index (χ3n) is 3.17. The van der Waals surface area contributed by atoms with E-state index >= 15 is 0 Å². The van der Waals surface area contributed by atoms with Crippen molar-refractivity contribution < 1.29 is 4.79 Å². The second-order valence-electron chi connectivity index (χ2n) is 4.72. The number of rotatable bonds is 4. The summed E-state index contributed by atoms with van der Waals surface area (Å²) in [6.45, 7) is 0. The number of aromatic nitrogens is 2. The van der Waals surface area contributed by atoms with Crippen molar-refractivity contribution >= 4 is 11.6 Å². The molecule has 0 radical (unpaired) electrons. The van der Waals surface area contributed by atoms with Gasteiger partial charge in [0.2, 0.25) is 0 Å². The Balaban J connectivity index is 1.91. The Morgan fingerprint density at radius 2 is 1.57 bits per heavy atom. The van der Waals surface area contributed by atoms with Crippen LogP contribution < -0.4 is 5.43 Å². The van der Waals surface area contributed by atoms with Gasteiger partial charge in [-0.3, -0.25) is 14.8 Å². The molecule has 0 saturated carbocycles. The zero-order valence-electron chi connectivity index (χ0n) is 12.3. The summed E-state index contributed by atoms with van der Waals surface area (Å²) in [7, 11) is 0. The van der Waals surface area contributed by atoms with Crippen LogP contribution in [0.1, 0.15) is 21.6 Å². The summed E-state index contributed by atoms with van der Waals surface area (Å²) in [5.41, 5.74) is 5.24. The summed E-state index contributed by atoms with van der Waals surface area (Å²) in [6, 6.07) is 18.4. The van der Waals surface area contributed by atoms with E-state index in [9.17, 15) is 4.79 Å². The number of hydrazone groups is 1. The maximum Gasteiger partial charge on any atom is 0.271 e. The van der Waals surface area contributed by atoms with Crippen LogP contribution in [0.15, 0.2) is 84.4 Å². The highest BCUT2D eigenvalue weighted by Crippen LogP contribution is 2.08. The number of nitrogens with one attached hydrogen (secondary N) is 1. The molecule has 0 unspecified atom stereocenters. The quantitative estimate of drug-likeness (QED) is 0.595. The molecule has 0 fully saturated rings. The summed E-state index contributed by atoms with van der Waals surface area (Å²) in [5, 5.41) is 4.27. The van der Waals surface area contributed by atoms with E-state index in [1.165, 1.54) is 0 Å². The fourth-order valence-corrected chi connectivity index (χ4v) is 2.04. The van der Waals surface area contributed by atoms with Gasteiger partial charge in [0.1, 0.15) is 5.71 Å². The first-order chi connectivity index (χ1) is 11.3. The van der Waals surface area contributed by atoms with Crippen molar-refractivity contribution in [2.75, 3.05) is 0 Å². The van der Waals surface area contributed by atoms with E-state index in [1.54, 1.807) is 30.7 Å². The van der Waals surface area contributed by atoms with Crippen molar-refractivity contribution in [3.8, 4) is 0 Å². The minimum atomic E-state index is -0.295. The molecule has 1 N–H and O–H groups in total. The lowest BCUT2D eigenvalue weighted by atomic mass is 10.1. The van der Waals surface area contributed by atoms with Crippen molar-refractivity contribution in [2.24, 2.45) is 5.10 Å². The number of carbonyl (C=O) groups excluding carboxylic acids is 1. The summed E-state index contributed by atoms with van der Waals surface area (Å²) in [4.78, 5) is 20.4.